The fraction of sp³-hybridized carbons (Fsp3) is 0.458. The van der Waals surface area contributed by atoms with Gasteiger partial charge in [-0.2, -0.15) is 0 Å². The molecule has 1 atom stereocenters. The lowest BCUT2D eigenvalue weighted by atomic mass is 10.1. The minimum atomic E-state index is -3.64. The van der Waals surface area contributed by atoms with Gasteiger partial charge in [-0.15, -0.1) is 0 Å². The van der Waals surface area contributed by atoms with Gasteiger partial charge in [-0.25, -0.2) is 13.1 Å². The third-order valence-corrected chi connectivity index (χ3v) is 7.45. The van der Waals surface area contributed by atoms with E-state index in [4.69, 9.17) is 9.47 Å². The van der Waals surface area contributed by atoms with Crippen molar-refractivity contribution in [3.05, 3.63) is 65.2 Å². The lowest BCUT2D eigenvalue weighted by molar-refractivity contribution is 0.0340. The highest BCUT2D eigenvalue weighted by atomic mass is 32.2. The Balaban J connectivity index is 1.32. The lowest BCUT2D eigenvalue weighted by Crippen LogP contribution is -2.36. The summed E-state index contributed by atoms with van der Waals surface area (Å²) >= 11 is 0. The number of carbonyl (C=O) groups is 1. The van der Waals surface area contributed by atoms with E-state index in [1.807, 2.05) is 18.2 Å². The van der Waals surface area contributed by atoms with Gasteiger partial charge in [-0.1, -0.05) is 24.3 Å². The van der Waals surface area contributed by atoms with Crippen LogP contribution in [0.2, 0.25) is 0 Å². The second-order valence-corrected chi connectivity index (χ2v) is 10.1. The van der Waals surface area contributed by atoms with Crippen molar-refractivity contribution in [1.82, 2.24) is 14.9 Å². The maximum absolute atomic E-state index is 12.7. The van der Waals surface area contributed by atoms with Gasteiger partial charge in [0.15, 0.2) is 0 Å². The molecule has 2 fully saturated rings. The molecule has 1 amide bonds. The smallest absolute Gasteiger partial charge is 0.251 e. The van der Waals surface area contributed by atoms with Crippen LogP contribution in [0, 0.1) is 0 Å². The molecule has 0 unspecified atom stereocenters. The van der Waals surface area contributed by atoms with Gasteiger partial charge in [-0.3, -0.25) is 9.69 Å². The monoisotopic (exact) mass is 473 g/mol. The van der Waals surface area contributed by atoms with Crippen LogP contribution in [0.4, 0.5) is 0 Å². The molecule has 8 nitrogen and oxygen atoms in total. The topological polar surface area (TPSA) is 97.0 Å². The molecular formula is C24H31N3O5S. The number of sulfonamides is 1. The summed E-state index contributed by atoms with van der Waals surface area (Å²) < 4.78 is 38.5. The van der Waals surface area contributed by atoms with E-state index < -0.39 is 10.0 Å². The van der Waals surface area contributed by atoms with Crippen molar-refractivity contribution in [2.45, 2.75) is 36.9 Å². The quantitative estimate of drug-likeness (QED) is 0.578. The van der Waals surface area contributed by atoms with Crippen LogP contribution >= 0.6 is 0 Å². The second-order valence-electron chi connectivity index (χ2n) is 8.35. The number of carbonyl (C=O) groups excluding carboxylic acids is 1. The fourth-order valence-corrected chi connectivity index (χ4v) is 5.11. The first-order valence-electron chi connectivity index (χ1n) is 11.4. The number of rotatable bonds is 9. The molecule has 2 aliphatic rings. The van der Waals surface area contributed by atoms with Crippen LogP contribution in [0.25, 0.3) is 0 Å². The van der Waals surface area contributed by atoms with E-state index in [9.17, 15) is 13.2 Å². The van der Waals surface area contributed by atoms with Gasteiger partial charge in [0.2, 0.25) is 10.0 Å². The standard InChI is InChI=1S/C24H31N3O5S/c28-24(25-16-20-4-1-2-5-21(20)18-27-11-14-31-15-12-27)19-7-9-23(10-8-19)33(29,30)26-17-22-6-3-13-32-22/h1-2,4-5,7-10,22,26H,3,6,11-18H2,(H,25,28)/t22-/m1/s1. The van der Waals surface area contributed by atoms with E-state index in [0.717, 1.165) is 51.3 Å². The Kier molecular flexibility index (Phi) is 8.11. The van der Waals surface area contributed by atoms with Crippen LogP contribution in [0.1, 0.15) is 34.3 Å². The first-order valence-corrected chi connectivity index (χ1v) is 12.9. The first kappa shape index (κ1) is 23.8. The molecule has 2 aliphatic heterocycles. The molecule has 178 valence electrons. The van der Waals surface area contributed by atoms with Gasteiger partial charge in [0.05, 0.1) is 24.2 Å². The van der Waals surface area contributed by atoms with Gasteiger partial charge < -0.3 is 14.8 Å². The number of hydrogen-bond acceptors (Lipinski definition) is 6. The second kappa shape index (κ2) is 11.2. The number of hydrogen-bond donors (Lipinski definition) is 2. The molecule has 2 aromatic rings. The first-order chi connectivity index (χ1) is 16.0. The molecule has 2 aromatic carbocycles. The summed E-state index contributed by atoms with van der Waals surface area (Å²) in [6.07, 6.45) is 1.74. The Morgan fingerprint density at radius 2 is 1.73 bits per heavy atom. The van der Waals surface area contributed by atoms with Gasteiger partial charge in [0.1, 0.15) is 0 Å². The zero-order chi connectivity index (χ0) is 23.1. The predicted molar refractivity (Wildman–Crippen MR) is 124 cm³/mol. The molecule has 4 rings (SSSR count). The van der Waals surface area contributed by atoms with E-state index in [-0.39, 0.29) is 23.5 Å². The maximum Gasteiger partial charge on any atom is 0.251 e. The van der Waals surface area contributed by atoms with Crippen LogP contribution in [0.15, 0.2) is 53.4 Å². The summed E-state index contributed by atoms with van der Waals surface area (Å²) in [6.45, 7) is 5.45. The van der Waals surface area contributed by atoms with Crippen LogP contribution in [-0.2, 0) is 32.6 Å². The minimum Gasteiger partial charge on any atom is -0.379 e. The number of nitrogens with zero attached hydrogens (tertiary/aromatic N) is 1. The van der Waals surface area contributed by atoms with E-state index >= 15 is 0 Å². The van der Waals surface area contributed by atoms with Crippen molar-refractivity contribution in [2.75, 3.05) is 39.5 Å². The normalized spacial score (nSPS) is 19.5. The molecule has 2 saturated heterocycles. The minimum absolute atomic E-state index is 0.0732. The van der Waals surface area contributed by atoms with Gasteiger partial charge in [0.25, 0.3) is 5.91 Å². The average molecular weight is 474 g/mol. The highest BCUT2D eigenvalue weighted by molar-refractivity contribution is 7.89. The Morgan fingerprint density at radius 3 is 2.42 bits per heavy atom. The average Bonchev–Trinajstić information content (AvgIpc) is 3.37. The van der Waals surface area contributed by atoms with Gasteiger partial charge in [0, 0.05) is 44.9 Å². The summed E-state index contributed by atoms with van der Waals surface area (Å²) in [7, 11) is -3.64. The number of ether oxygens (including phenoxy) is 2. The van der Waals surface area contributed by atoms with Gasteiger partial charge in [-0.05, 0) is 48.2 Å². The molecule has 0 aliphatic carbocycles. The third kappa shape index (κ3) is 6.61. The molecule has 0 aromatic heterocycles. The van der Waals surface area contributed by atoms with Crippen molar-refractivity contribution in [3.8, 4) is 0 Å². The van der Waals surface area contributed by atoms with Crippen LogP contribution in [-0.4, -0.2) is 64.8 Å². The van der Waals surface area contributed by atoms with E-state index in [0.29, 0.717) is 18.7 Å². The lowest BCUT2D eigenvalue weighted by Gasteiger charge is -2.27. The molecule has 2 N–H and O–H groups in total. The van der Waals surface area contributed by atoms with Crippen LogP contribution < -0.4 is 10.0 Å². The van der Waals surface area contributed by atoms with Crippen molar-refractivity contribution < 1.29 is 22.7 Å². The summed E-state index contributed by atoms with van der Waals surface area (Å²) in [6, 6.07) is 14.1. The van der Waals surface area contributed by atoms with Gasteiger partial charge >= 0.3 is 0 Å². The summed E-state index contributed by atoms with van der Waals surface area (Å²) in [5.74, 6) is -0.243. The van der Waals surface area contributed by atoms with E-state index in [1.165, 1.54) is 29.8 Å². The Morgan fingerprint density at radius 1 is 1.00 bits per heavy atom. The molecule has 0 spiro atoms. The summed E-state index contributed by atoms with van der Waals surface area (Å²) in [5, 5.41) is 2.95. The van der Waals surface area contributed by atoms with E-state index in [1.54, 1.807) is 0 Å². The van der Waals surface area contributed by atoms with Crippen LogP contribution in [0.3, 0.4) is 0 Å². The molecule has 33 heavy (non-hydrogen) atoms. The molecule has 0 radical (unpaired) electrons. The SMILES string of the molecule is O=C(NCc1ccccc1CN1CCOCC1)c1ccc(S(=O)(=O)NC[C@H]2CCCO2)cc1. The number of benzene rings is 2. The number of nitrogens with one attached hydrogen (secondary N) is 2. The molecule has 0 saturated carbocycles. The zero-order valence-corrected chi connectivity index (χ0v) is 19.5. The Labute approximate surface area is 195 Å². The Bertz CT molecular complexity index is 1030. The molecular weight excluding hydrogens is 442 g/mol. The van der Waals surface area contributed by atoms with Crippen molar-refractivity contribution in [3.63, 3.8) is 0 Å². The maximum atomic E-state index is 12.7. The van der Waals surface area contributed by atoms with E-state index in [2.05, 4.69) is 21.0 Å². The van der Waals surface area contributed by atoms with Crippen molar-refractivity contribution in [1.29, 1.82) is 0 Å². The van der Waals surface area contributed by atoms with Crippen molar-refractivity contribution >= 4 is 15.9 Å². The Hall–Kier alpha value is -2.30. The number of morpholine rings is 1. The van der Waals surface area contributed by atoms with Crippen molar-refractivity contribution in [2.24, 2.45) is 0 Å². The highest BCUT2D eigenvalue weighted by Gasteiger charge is 2.20. The highest BCUT2D eigenvalue weighted by Crippen LogP contribution is 2.16. The summed E-state index contributed by atoms with van der Waals surface area (Å²) in [5.41, 5.74) is 2.66. The molecule has 2 heterocycles. The zero-order valence-electron chi connectivity index (χ0n) is 18.7. The largest absolute Gasteiger partial charge is 0.379 e. The fourth-order valence-electron chi connectivity index (χ4n) is 4.04. The molecule has 0 bridgehead atoms. The number of amides is 1. The third-order valence-electron chi connectivity index (χ3n) is 6.01. The molecule has 9 heteroatoms. The summed E-state index contributed by atoms with van der Waals surface area (Å²) in [4.78, 5) is 15.1. The van der Waals surface area contributed by atoms with Crippen LogP contribution in [0.5, 0.6) is 0 Å². The predicted octanol–water partition coefficient (Wildman–Crippen LogP) is 1.91.